The van der Waals surface area contributed by atoms with Gasteiger partial charge in [-0.2, -0.15) is 0 Å². The van der Waals surface area contributed by atoms with Gasteiger partial charge < -0.3 is 15.6 Å². The summed E-state index contributed by atoms with van der Waals surface area (Å²) in [6.45, 7) is 2.97. The molecule has 3 nitrogen and oxygen atoms in total. The topological polar surface area (TPSA) is 72.2 Å². The van der Waals surface area contributed by atoms with Gasteiger partial charge in [-0.1, -0.05) is 42.7 Å². The SMILES string of the molecule is CCCOBc1ccccc1.O.O. The summed E-state index contributed by atoms with van der Waals surface area (Å²) >= 11 is 0. The van der Waals surface area contributed by atoms with Gasteiger partial charge in [0, 0.05) is 6.61 Å². The predicted molar refractivity (Wildman–Crippen MR) is 56.7 cm³/mol. The van der Waals surface area contributed by atoms with Gasteiger partial charge in [0.05, 0.1) is 0 Å². The van der Waals surface area contributed by atoms with E-state index in [0.29, 0.717) is 0 Å². The summed E-state index contributed by atoms with van der Waals surface area (Å²) < 4.78 is 5.37. The molecule has 0 aromatic heterocycles. The van der Waals surface area contributed by atoms with Gasteiger partial charge in [-0.25, -0.2) is 0 Å². The largest absolute Gasteiger partial charge is 0.434 e. The fourth-order valence-electron chi connectivity index (χ4n) is 0.909. The van der Waals surface area contributed by atoms with E-state index in [-0.39, 0.29) is 11.0 Å². The van der Waals surface area contributed by atoms with Crippen molar-refractivity contribution in [2.75, 3.05) is 6.61 Å². The van der Waals surface area contributed by atoms with Gasteiger partial charge in [0.1, 0.15) is 0 Å². The smallest absolute Gasteiger partial charge is 0.308 e. The highest BCUT2D eigenvalue weighted by atomic mass is 16.4. The molecule has 74 valence electrons. The van der Waals surface area contributed by atoms with Gasteiger partial charge >= 0.3 is 7.48 Å². The Bertz CT molecular complexity index is 191. The van der Waals surface area contributed by atoms with E-state index in [4.69, 9.17) is 4.65 Å². The van der Waals surface area contributed by atoms with Crippen LogP contribution in [0, 0.1) is 0 Å². The van der Waals surface area contributed by atoms with E-state index < -0.39 is 0 Å². The van der Waals surface area contributed by atoms with Gasteiger partial charge in [0.2, 0.25) is 0 Å². The summed E-state index contributed by atoms with van der Waals surface area (Å²) in [7, 11) is 0.745. The molecule has 0 unspecified atom stereocenters. The molecular weight excluding hydrogens is 167 g/mol. The van der Waals surface area contributed by atoms with Crippen LogP contribution in [0.2, 0.25) is 0 Å². The molecule has 0 radical (unpaired) electrons. The van der Waals surface area contributed by atoms with Crippen LogP contribution in [0.4, 0.5) is 0 Å². The molecule has 4 N–H and O–H groups in total. The summed E-state index contributed by atoms with van der Waals surface area (Å²) in [6, 6.07) is 10.2. The Morgan fingerprint density at radius 3 is 2.31 bits per heavy atom. The molecule has 0 aliphatic carbocycles. The van der Waals surface area contributed by atoms with Crippen LogP contribution in [0.5, 0.6) is 0 Å². The van der Waals surface area contributed by atoms with Crippen molar-refractivity contribution in [3.63, 3.8) is 0 Å². The highest BCUT2D eigenvalue weighted by Gasteiger charge is 1.92. The highest BCUT2D eigenvalue weighted by molar-refractivity contribution is 6.46. The number of hydrogen-bond donors (Lipinski definition) is 0. The van der Waals surface area contributed by atoms with Crippen molar-refractivity contribution in [3.8, 4) is 0 Å². The van der Waals surface area contributed by atoms with Crippen molar-refractivity contribution in [2.24, 2.45) is 0 Å². The van der Waals surface area contributed by atoms with Crippen molar-refractivity contribution in [1.29, 1.82) is 0 Å². The van der Waals surface area contributed by atoms with E-state index >= 15 is 0 Å². The fourth-order valence-corrected chi connectivity index (χ4v) is 0.909. The molecule has 0 saturated carbocycles. The first-order chi connectivity index (χ1) is 5.43. The van der Waals surface area contributed by atoms with Crippen LogP contribution in [0.1, 0.15) is 13.3 Å². The third-order valence-corrected chi connectivity index (χ3v) is 1.46. The highest BCUT2D eigenvalue weighted by Crippen LogP contribution is 1.83. The number of rotatable bonds is 4. The van der Waals surface area contributed by atoms with Gasteiger partial charge in [0.15, 0.2) is 0 Å². The fraction of sp³-hybridized carbons (Fsp3) is 0.333. The lowest BCUT2D eigenvalue weighted by molar-refractivity contribution is 0.341. The van der Waals surface area contributed by atoms with Gasteiger partial charge in [0.25, 0.3) is 0 Å². The monoisotopic (exact) mass is 184 g/mol. The van der Waals surface area contributed by atoms with Crippen molar-refractivity contribution in [2.45, 2.75) is 13.3 Å². The minimum Gasteiger partial charge on any atom is -0.434 e. The van der Waals surface area contributed by atoms with Crippen LogP contribution in [0.15, 0.2) is 30.3 Å². The maximum absolute atomic E-state index is 5.37. The summed E-state index contributed by atoms with van der Waals surface area (Å²) in [4.78, 5) is 0. The van der Waals surface area contributed by atoms with Crippen LogP contribution in [0.25, 0.3) is 0 Å². The normalized spacial score (nSPS) is 8.08. The Balaban J connectivity index is 0. The standard InChI is InChI=1S/C9H13BO.2H2O/c1-2-8-11-10-9-6-4-3-5-7-9;;/h3-7,10H,2,8H2,1H3;2*1H2. The molecule has 0 amide bonds. The average molecular weight is 184 g/mol. The van der Waals surface area contributed by atoms with Crippen LogP contribution >= 0.6 is 0 Å². The third-order valence-electron chi connectivity index (χ3n) is 1.46. The molecule has 0 saturated heterocycles. The maximum Gasteiger partial charge on any atom is 0.308 e. The lowest BCUT2D eigenvalue weighted by Crippen LogP contribution is -2.16. The number of hydrogen-bond acceptors (Lipinski definition) is 1. The van der Waals surface area contributed by atoms with Crippen molar-refractivity contribution in [3.05, 3.63) is 30.3 Å². The van der Waals surface area contributed by atoms with E-state index in [9.17, 15) is 0 Å². The van der Waals surface area contributed by atoms with Crippen LogP contribution in [-0.4, -0.2) is 25.0 Å². The summed E-state index contributed by atoms with van der Waals surface area (Å²) in [6.07, 6.45) is 1.09. The molecule has 0 spiro atoms. The Morgan fingerprint density at radius 2 is 1.77 bits per heavy atom. The van der Waals surface area contributed by atoms with E-state index in [0.717, 1.165) is 20.5 Å². The first-order valence-corrected chi connectivity index (χ1v) is 4.05. The van der Waals surface area contributed by atoms with Crippen LogP contribution in [-0.2, 0) is 4.65 Å². The molecule has 0 atom stereocenters. The van der Waals surface area contributed by atoms with E-state index in [1.807, 2.05) is 18.2 Å². The van der Waals surface area contributed by atoms with E-state index in [1.165, 1.54) is 5.46 Å². The lowest BCUT2D eigenvalue weighted by Gasteiger charge is -1.99. The minimum absolute atomic E-state index is 0. The Hall–Kier alpha value is -0.835. The van der Waals surface area contributed by atoms with Gasteiger partial charge in [-0.15, -0.1) is 0 Å². The Kier molecular flexibility index (Phi) is 10.4. The molecule has 0 heterocycles. The molecular formula is C9H17BO3. The van der Waals surface area contributed by atoms with Crippen molar-refractivity contribution >= 4 is 12.9 Å². The summed E-state index contributed by atoms with van der Waals surface area (Å²) in [5.41, 5.74) is 1.25. The van der Waals surface area contributed by atoms with E-state index in [2.05, 4.69) is 19.1 Å². The van der Waals surface area contributed by atoms with E-state index in [1.54, 1.807) is 0 Å². The van der Waals surface area contributed by atoms with Crippen LogP contribution < -0.4 is 5.46 Å². The zero-order valence-corrected chi connectivity index (χ0v) is 7.92. The quantitative estimate of drug-likeness (QED) is 0.456. The zero-order valence-electron chi connectivity index (χ0n) is 7.92. The first-order valence-electron chi connectivity index (χ1n) is 4.05. The number of benzene rings is 1. The van der Waals surface area contributed by atoms with Gasteiger partial charge in [-0.3, -0.25) is 0 Å². The molecule has 4 heteroatoms. The summed E-state index contributed by atoms with van der Waals surface area (Å²) in [5.74, 6) is 0. The molecule has 0 aliphatic heterocycles. The Labute approximate surface area is 79.6 Å². The van der Waals surface area contributed by atoms with Crippen molar-refractivity contribution < 1.29 is 15.6 Å². The third kappa shape index (κ3) is 6.34. The second-order valence-corrected chi connectivity index (χ2v) is 2.54. The maximum atomic E-state index is 5.37. The Morgan fingerprint density at radius 1 is 1.15 bits per heavy atom. The molecule has 0 aliphatic rings. The molecule has 0 bridgehead atoms. The van der Waals surface area contributed by atoms with Crippen molar-refractivity contribution in [1.82, 2.24) is 0 Å². The average Bonchev–Trinajstić information content (AvgIpc) is 2.07. The van der Waals surface area contributed by atoms with Gasteiger partial charge in [-0.05, 0) is 6.42 Å². The lowest BCUT2D eigenvalue weighted by atomic mass is 9.88. The molecule has 0 fully saturated rings. The second kappa shape index (κ2) is 9.25. The molecule has 1 rings (SSSR count). The first kappa shape index (κ1) is 14.7. The molecule has 13 heavy (non-hydrogen) atoms. The zero-order chi connectivity index (χ0) is 7.94. The molecule has 1 aromatic carbocycles. The van der Waals surface area contributed by atoms with Crippen LogP contribution in [0.3, 0.4) is 0 Å². The summed E-state index contributed by atoms with van der Waals surface area (Å²) in [5, 5.41) is 0. The molecule has 1 aromatic rings. The minimum atomic E-state index is 0. The second-order valence-electron chi connectivity index (χ2n) is 2.54. The predicted octanol–water partition coefficient (Wildman–Crippen LogP) is -0.559.